The first kappa shape index (κ1) is 20.9. The van der Waals surface area contributed by atoms with E-state index in [1.54, 1.807) is 12.1 Å². The highest BCUT2D eigenvalue weighted by molar-refractivity contribution is 5.87. The average molecular weight is 366 g/mol. The summed E-state index contributed by atoms with van der Waals surface area (Å²) >= 11 is 0. The quantitative estimate of drug-likeness (QED) is 0.420. The van der Waals surface area contributed by atoms with E-state index in [-0.39, 0.29) is 25.0 Å². The van der Waals surface area contributed by atoms with Gasteiger partial charge in [0, 0.05) is 19.8 Å². The number of rotatable bonds is 9. The Hall–Kier alpha value is -3.10. The fourth-order valence-electron chi connectivity index (χ4n) is 2.34. The molecule has 0 aromatic heterocycles. The van der Waals surface area contributed by atoms with Gasteiger partial charge in [0.05, 0.1) is 0 Å². The van der Waals surface area contributed by atoms with E-state index in [2.05, 4.69) is 10.6 Å². The normalized spacial score (nSPS) is 13.9. The van der Waals surface area contributed by atoms with Crippen LogP contribution in [-0.2, 0) is 25.6 Å². The number of aliphatic carboxylic acids is 2. The number of carbonyl (C=O) groups excluding carboxylic acids is 2. The summed E-state index contributed by atoms with van der Waals surface area (Å²) in [5.74, 6) is -3.69. The molecule has 0 aliphatic heterocycles. The summed E-state index contributed by atoms with van der Waals surface area (Å²) in [6.07, 6.45) is -0.465. The van der Waals surface area contributed by atoms with Crippen molar-refractivity contribution < 1.29 is 34.5 Å². The fraction of sp³-hybridized carbons (Fsp3) is 0.412. The fourth-order valence-corrected chi connectivity index (χ4v) is 2.34. The molecule has 0 fully saturated rings. The molecule has 9 nitrogen and oxygen atoms in total. The molecule has 2 atom stereocenters. The van der Waals surface area contributed by atoms with E-state index in [4.69, 9.17) is 5.11 Å². The predicted octanol–water partition coefficient (Wildman–Crippen LogP) is 0.264. The highest BCUT2D eigenvalue weighted by Crippen LogP contribution is 2.17. The van der Waals surface area contributed by atoms with E-state index >= 15 is 0 Å². The molecular formula is C17H22N2O7. The van der Waals surface area contributed by atoms with Crippen LogP contribution >= 0.6 is 0 Å². The zero-order valence-corrected chi connectivity index (χ0v) is 14.5. The molecule has 0 aliphatic carbocycles. The number of phenolic OH excluding ortho intramolecular Hbond substituents is 1. The van der Waals surface area contributed by atoms with Crippen molar-refractivity contribution in [3.8, 4) is 5.75 Å². The molecule has 142 valence electrons. The standard InChI is InChI=1S/C17H22N2O7/c1-10(20)18-13(15(23)24)7-8-14(22)19-17(2,16(25)26)9-11-3-5-12(21)6-4-11/h3-6,13,21H,7-9H2,1-2H3,(H,18,20)(H,19,22)(H,23,24)(H,25,26)/t13?,17-/m0/s1. The second-order valence-corrected chi connectivity index (χ2v) is 6.16. The van der Waals surface area contributed by atoms with Gasteiger partial charge in [0.2, 0.25) is 11.8 Å². The van der Waals surface area contributed by atoms with Crippen LogP contribution in [0, 0.1) is 0 Å². The van der Waals surface area contributed by atoms with Crippen molar-refractivity contribution in [1.82, 2.24) is 10.6 Å². The Balaban J connectivity index is 2.74. The molecule has 1 aromatic carbocycles. The van der Waals surface area contributed by atoms with Gasteiger partial charge < -0.3 is 26.0 Å². The summed E-state index contributed by atoms with van der Waals surface area (Å²) in [7, 11) is 0. The maximum atomic E-state index is 12.1. The smallest absolute Gasteiger partial charge is 0.329 e. The van der Waals surface area contributed by atoms with Crippen molar-refractivity contribution in [3.63, 3.8) is 0 Å². The monoisotopic (exact) mass is 366 g/mol. The summed E-state index contributed by atoms with van der Waals surface area (Å²) in [5.41, 5.74) is -1.02. The molecule has 0 heterocycles. The van der Waals surface area contributed by atoms with Crippen LogP contribution in [0.3, 0.4) is 0 Å². The van der Waals surface area contributed by atoms with Crippen molar-refractivity contribution in [2.24, 2.45) is 0 Å². The number of carbonyl (C=O) groups is 4. The molecule has 2 amide bonds. The average Bonchev–Trinajstić information content (AvgIpc) is 2.52. The molecular weight excluding hydrogens is 344 g/mol. The van der Waals surface area contributed by atoms with Gasteiger partial charge in [-0.3, -0.25) is 9.59 Å². The van der Waals surface area contributed by atoms with Gasteiger partial charge in [-0.15, -0.1) is 0 Å². The molecule has 5 N–H and O–H groups in total. The van der Waals surface area contributed by atoms with Crippen LogP contribution < -0.4 is 10.6 Å². The van der Waals surface area contributed by atoms with Crippen LogP contribution in [0.5, 0.6) is 5.75 Å². The Morgan fingerprint density at radius 1 is 1.12 bits per heavy atom. The number of carboxylic acids is 2. The molecule has 9 heteroatoms. The lowest BCUT2D eigenvalue weighted by atomic mass is 9.92. The van der Waals surface area contributed by atoms with Crippen LogP contribution in [0.1, 0.15) is 32.3 Å². The van der Waals surface area contributed by atoms with Crippen LogP contribution in [0.25, 0.3) is 0 Å². The molecule has 0 bridgehead atoms. The second kappa shape index (κ2) is 8.84. The Morgan fingerprint density at radius 3 is 2.15 bits per heavy atom. The number of benzene rings is 1. The van der Waals surface area contributed by atoms with E-state index in [1.807, 2.05) is 0 Å². The molecule has 1 rings (SSSR count). The third-order valence-corrected chi connectivity index (χ3v) is 3.72. The van der Waals surface area contributed by atoms with Crippen molar-refractivity contribution in [2.45, 2.75) is 44.7 Å². The number of carboxylic acid groups (broad SMARTS) is 2. The first-order chi connectivity index (χ1) is 12.0. The van der Waals surface area contributed by atoms with Gasteiger partial charge in [0.1, 0.15) is 17.3 Å². The Bertz CT molecular complexity index is 687. The molecule has 0 aliphatic rings. The third kappa shape index (κ3) is 6.42. The number of hydrogen-bond donors (Lipinski definition) is 5. The number of nitrogens with one attached hydrogen (secondary N) is 2. The molecule has 26 heavy (non-hydrogen) atoms. The summed E-state index contributed by atoms with van der Waals surface area (Å²) < 4.78 is 0. The summed E-state index contributed by atoms with van der Waals surface area (Å²) in [6, 6.07) is 4.67. The first-order valence-electron chi connectivity index (χ1n) is 7.85. The van der Waals surface area contributed by atoms with Gasteiger partial charge >= 0.3 is 11.9 Å². The maximum Gasteiger partial charge on any atom is 0.329 e. The minimum atomic E-state index is -1.61. The van der Waals surface area contributed by atoms with E-state index in [9.17, 15) is 29.4 Å². The van der Waals surface area contributed by atoms with Gasteiger partial charge in [0.25, 0.3) is 0 Å². The van der Waals surface area contributed by atoms with Crippen LogP contribution in [0.4, 0.5) is 0 Å². The summed E-state index contributed by atoms with van der Waals surface area (Å²) in [5, 5.41) is 32.4. The molecule has 0 saturated carbocycles. The predicted molar refractivity (Wildman–Crippen MR) is 90.5 cm³/mol. The number of phenols is 1. The van der Waals surface area contributed by atoms with Gasteiger partial charge in [0.15, 0.2) is 0 Å². The van der Waals surface area contributed by atoms with E-state index < -0.39 is 35.3 Å². The van der Waals surface area contributed by atoms with E-state index in [0.29, 0.717) is 5.56 Å². The first-order valence-corrected chi connectivity index (χ1v) is 7.85. The zero-order chi connectivity index (χ0) is 19.9. The van der Waals surface area contributed by atoms with Gasteiger partial charge in [-0.25, -0.2) is 9.59 Å². The van der Waals surface area contributed by atoms with E-state index in [0.717, 1.165) is 6.92 Å². The lowest BCUT2D eigenvalue weighted by Crippen LogP contribution is -2.54. The summed E-state index contributed by atoms with van der Waals surface area (Å²) in [6.45, 7) is 2.50. The molecule has 0 spiro atoms. The van der Waals surface area contributed by atoms with Gasteiger partial charge in [-0.2, -0.15) is 0 Å². The van der Waals surface area contributed by atoms with E-state index in [1.165, 1.54) is 19.1 Å². The van der Waals surface area contributed by atoms with Gasteiger partial charge in [-0.1, -0.05) is 12.1 Å². The number of hydrogen-bond acceptors (Lipinski definition) is 5. The SMILES string of the molecule is CC(=O)NC(CCC(=O)N[C@@](C)(Cc1ccc(O)cc1)C(=O)O)C(=O)O. The van der Waals surface area contributed by atoms with Crippen LogP contribution in [0.15, 0.2) is 24.3 Å². The Kier molecular flexibility index (Phi) is 7.12. The second-order valence-electron chi connectivity index (χ2n) is 6.16. The van der Waals surface area contributed by atoms with Crippen molar-refractivity contribution in [2.75, 3.05) is 0 Å². The van der Waals surface area contributed by atoms with Crippen molar-refractivity contribution in [1.29, 1.82) is 0 Å². The maximum absolute atomic E-state index is 12.1. The highest BCUT2D eigenvalue weighted by Gasteiger charge is 2.35. The topological polar surface area (TPSA) is 153 Å². The largest absolute Gasteiger partial charge is 0.508 e. The number of amides is 2. The number of aromatic hydroxyl groups is 1. The molecule has 1 unspecified atom stereocenters. The van der Waals surface area contributed by atoms with Gasteiger partial charge in [-0.05, 0) is 31.0 Å². The highest BCUT2D eigenvalue weighted by atomic mass is 16.4. The van der Waals surface area contributed by atoms with Crippen molar-refractivity contribution in [3.05, 3.63) is 29.8 Å². The van der Waals surface area contributed by atoms with Crippen molar-refractivity contribution >= 4 is 23.8 Å². The Morgan fingerprint density at radius 2 is 1.69 bits per heavy atom. The minimum absolute atomic E-state index is 0.0254. The minimum Gasteiger partial charge on any atom is -0.508 e. The Labute approximate surface area is 150 Å². The lowest BCUT2D eigenvalue weighted by molar-refractivity contribution is -0.147. The molecule has 1 aromatic rings. The van der Waals surface area contributed by atoms with Crippen LogP contribution in [0.2, 0.25) is 0 Å². The van der Waals surface area contributed by atoms with Crippen LogP contribution in [-0.4, -0.2) is 50.7 Å². The summed E-state index contributed by atoms with van der Waals surface area (Å²) in [4.78, 5) is 45.7. The third-order valence-electron chi connectivity index (χ3n) is 3.72. The zero-order valence-electron chi connectivity index (χ0n) is 14.5. The molecule has 0 saturated heterocycles. The lowest BCUT2D eigenvalue weighted by Gasteiger charge is -2.27. The molecule has 0 radical (unpaired) electrons.